The molecule has 0 aliphatic rings. The van der Waals surface area contributed by atoms with Gasteiger partial charge in [-0.25, -0.2) is 0 Å². The van der Waals surface area contributed by atoms with Gasteiger partial charge in [0.1, 0.15) is 5.54 Å². The molecule has 0 aliphatic carbocycles. The van der Waals surface area contributed by atoms with Gasteiger partial charge < -0.3 is 5.32 Å². The molecular formula is C15H16N2S. The average molecular weight is 256 g/mol. The van der Waals surface area contributed by atoms with E-state index in [1.54, 1.807) is 11.8 Å². The highest BCUT2D eigenvalue weighted by atomic mass is 32.2. The highest BCUT2D eigenvalue weighted by Crippen LogP contribution is 2.26. The molecule has 0 radical (unpaired) electrons. The van der Waals surface area contributed by atoms with Crippen molar-refractivity contribution in [3.8, 4) is 6.07 Å². The minimum absolute atomic E-state index is 0.476. The van der Waals surface area contributed by atoms with Crippen LogP contribution in [0.4, 0.5) is 0 Å². The number of fused-ring (bicyclic) bond motifs is 1. The normalized spacial score (nSPS) is 14.1. The summed E-state index contributed by atoms with van der Waals surface area (Å²) in [6.45, 7) is 1.92. The molecule has 1 N–H and O–H groups in total. The third kappa shape index (κ3) is 2.84. The first-order valence-electron chi connectivity index (χ1n) is 5.89. The number of nitrogens with one attached hydrogen (secondary N) is 1. The molecule has 0 fully saturated rings. The maximum Gasteiger partial charge on any atom is 0.113 e. The second kappa shape index (κ2) is 5.43. The Morgan fingerprint density at radius 1 is 1.22 bits per heavy atom. The van der Waals surface area contributed by atoms with Gasteiger partial charge in [-0.2, -0.15) is 5.26 Å². The van der Waals surface area contributed by atoms with Crippen molar-refractivity contribution >= 4 is 22.5 Å². The van der Waals surface area contributed by atoms with Crippen LogP contribution in [-0.2, 0) is 0 Å². The number of hydrogen-bond donors (Lipinski definition) is 1. The predicted octanol–water partition coefficient (Wildman–Crippen LogP) is 3.43. The monoisotopic (exact) mass is 256 g/mol. The Kier molecular flexibility index (Phi) is 3.90. The summed E-state index contributed by atoms with van der Waals surface area (Å²) in [7, 11) is 1.82. The zero-order valence-electron chi connectivity index (χ0n) is 10.6. The zero-order chi connectivity index (χ0) is 13.0. The van der Waals surface area contributed by atoms with E-state index in [0.717, 1.165) is 5.75 Å². The van der Waals surface area contributed by atoms with Gasteiger partial charge in [-0.3, -0.25) is 0 Å². The van der Waals surface area contributed by atoms with E-state index in [-0.39, 0.29) is 0 Å². The van der Waals surface area contributed by atoms with Crippen LogP contribution in [0, 0.1) is 11.3 Å². The second-order valence-electron chi connectivity index (χ2n) is 4.49. The first kappa shape index (κ1) is 12.9. The van der Waals surface area contributed by atoms with Crippen molar-refractivity contribution < 1.29 is 0 Å². The van der Waals surface area contributed by atoms with Crippen molar-refractivity contribution in [1.29, 1.82) is 5.26 Å². The van der Waals surface area contributed by atoms with Gasteiger partial charge in [0.25, 0.3) is 0 Å². The van der Waals surface area contributed by atoms with E-state index < -0.39 is 5.54 Å². The Bertz CT molecular complexity index is 588. The molecule has 2 aromatic carbocycles. The van der Waals surface area contributed by atoms with Crippen LogP contribution in [0.2, 0.25) is 0 Å². The number of benzene rings is 2. The SMILES string of the molecule is CNC(C)(C#N)CSc1ccc2ccccc2c1. The van der Waals surface area contributed by atoms with Crippen LogP contribution in [0.15, 0.2) is 47.4 Å². The van der Waals surface area contributed by atoms with Crippen molar-refractivity contribution in [2.45, 2.75) is 17.4 Å². The lowest BCUT2D eigenvalue weighted by Crippen LogP contribution is -2.40. The number of nitriles is 1. The molecule has 0 aliphatic heterocycles. The fourth-order valence-electron chi connectivity index (χ4n) is 1.65. The fourth-order valence-corrected chi connectivity index (χ4v) is 2.68. The van der Waals surface area contributed by atoms with Crippen LogP contribution >= 0.6 is 11.8 Å². The quantitative estimate of drug-likeness (QED) is 0.851. The van der Waals surface area contributed by atoms with Gasteiger partial charge in [-0.05, 0) is 36.9 Å². The number of hydrogen-bond acceptors (Lipinski definition) is 3. The molecule has 0 bridgehead atoms. The van der Waals surface area contributed by atoms with Crippen LogP contribution in [0.5, 0.6) is 0 Å². The minimum Gasteiger partial charge on any atom is -0.302 e. The van der Waals surface area contributed by atoms with Gasteiger partial charge in [-0.1, -0.05) is 30.3 Å². The van der Waals surface area contributed by atoms with Gasteiger partial charge in [0.05, 0.1) is 6.07 Å². The van der Waals surface area contributed by atoms with Gasteiger partial charge >= 0.3 is 0 Å². The number of rotatable bonds is 4. The van der Waals surface area contributed by atoms with E-state index in [1.807, 2.05) is 26.1 Å². The first-order valence-corrected chi connectivity index (χ1v) is 6.87. The summed E-state index contributed by atoms with van der Waals surface area (Å²) in [5.41, 5.74) is -0.476. The van der Waals surface area contributed by atoms with Crippen LogP contribution in [0.1, 0.15) is 6.92 Å². The summed E-state index contributed by atoms with van der Waals surface area (Å²) < 4.78 is 0. The lowest BCUT2D eigenvalue weighted by atomic mass is 10.1. The molecule has 0 amide bonds. The van der Waals surface area contributed by atoms with Gasteiger partial charge in [-0.15, -0.1) is 11.8 Å². The Balaban J connectivity index is 2.16. The standard InChI is InChI=1S/C15H16N2S/c1-15(10-16,17-2)11-18-14-8-7-12-5-3-4-6-13(12)9-14/h3-9,17H,11H2,1-2H3. The van der Waals surface area contributed by atoms with E-state index in [1.165, 1.54) is 15.7 Å². The average Bonchev–Trinajstić information content (AvgIpc) is 2.44. The van der Waals surface area contributed by atoms with E-state index in [0.29, 0.717) is 0 Å². The number of thioether (sulfide) groups is 1. The molecule has 92 valence electrons. The summed E-state index contributed by atoms with van der Waals surface area (Å²) in [5.74, 6) is 0.734. The van der Waals surface area contributed by atoms with Crippen LogP contribution in [0.25, 0.3) is 10.8 Å². The molecule has 3 heteroatoms. The lowest BCUT2D eigenvalue weighted by molar-refractivity contribution is 0.550. The molecule has 0 spiro atoms. The summed E-state index contributed by atoms with van der Waals surface area (Å²) >= 11 is 1.71. The molecule has 0 saturated heterocycles. The second-order valence-corrected chi connectivity index (χ2v) is 5.54. The van der Waals surface area contributed by atoms with Crippen molar-refractivity contribution in [3.05, 3.63) is 42.5 Å². The van der Waals surface area contributed by atoms with Crippen LogP contribution < -0.4 is 5.32 Å². The molecular weight excluding hydrogens is 240 g/mol. The molecule has 2 aromatic rings. The van der Waals surface area contributed by atoms with E-state index in [4.69, 9.17) is 5.26 Å². The first-order chi connectivity index (χ1) is 8.67. The Morgan fingerprint density at radius 2 is 1.94 bits per heavy atom. The lowest BCUT2D eigenvalue weighted by Gasteiger charge is -2.19. The molecule has 2 rings (SSSR count). The highest BCUT2D eigenvalue weighted by molar-refractivity contribution is 7.99. The third-order valence-electron chi connectivity index (χ3n) is 3.05. The summed E-state index contributed by atoms with van der Waals surface area (Å²) in [5, 5.41) is 14.7. The Labute approximate surface area is 112 Å². The van der Waals surface area contributed by atoms with E-state index >= 15 is 0 Å². The molecule has 0 aromatic heterocycles. The molecule has 18 heavy (non-hydrogen) atoms. The molecule has 2 nitrogen and oxygen atoms in total. The minimum atomic E-state index is -0.476. The topological polar surface area (TPSA) is 35.8 Å². The van der Waals surface area contributed by atoms with Crippen molar-refractivity contribution in [1.82, 2.24) is 5.32 Å². The van der Waals surface area contributed by atoms with Crippen molar-refractivity contribution in [3.63, 3.8) is 0 Å². The molecule has 0 heterocycles. The van der Waals surface area contributed by atoms with Crippen LogP contribution in [-0.4, -0.2) is 18.3 Å². The maximum absolute atomic E-state index is 9.11. The van der Waals surface area contributed by atoms with Gasteiger partial charge in [0.15, 0.2) is 0 Å². The predicted molar refractivity (Wildman–Crippen MR) is 77.7 cm³/mol. The highest BCUT2D eigenvalue weighted by Gasteiger charge is 2.21. The summed E-state index contributed by atoms with van der Waals surface area (Å²) in [6.07, 6.45) is 0. The Morgan fingerprint density at radius 3 is 2.61 bits per heavy atom. The van der Waals surface area contributed by atoms with E-state index in [9.17, 15) is 0 Å². The largest absolute Gasteiger partial charge is 0.302 e. The van der Waals surface area contributed by atoms with Crippen molar-refractivity contribution in [2.24, 2.45) is 0 Å². The van der Waals surface area contributed by atoms with E-state index in [2.05, 4.69) is 41.7 Å². The van der Waals surface area contributed by atoms with Crippen molar-refractivity contribution in [2.75, 3.05) is 12.8 Å². The molecule has 1 unspecified atom stereocenters. The third-order valence-corrected chi connectivity index (χ3v) is 4.36. The summed E-state index contributed by atoms with van der Waals surface area (Å²) in [6, 6.07) is 17.0. The fraction of sp³-hybridized carbons (Fsp3) is 0.267. The molecule has 0 saturated carbocycles. The Hall–Kier alpha value is -1.50. The zero-order valence-corrected chi connectivity index (χ0v) is 11.4. The van der Waals surface area contributed by atoms with Gasteiger partial charge in [0, 0.05) is 10.6 Å². The van der Waals surface area contributed by atoms with Crippen LogP contribution in [0.3, 0.4) is 0 Å². The van der Waals surface area contributed by atoms with Gasteiger partial charge in [0.2, 0.25) is 0 Å². The number of nitrogens with zero attached hydrogens (tertiary/aromatic N) is 1. The smallest absolute Gasteiger partial charge is 0.113 e. The molecule has 1 atom stereocenters. The maximum atomic E-state index is 9.11. The summed E-state index contributed by atoms with van der Waals surface area (Å²) in [4.78, 5) is 1.20.